The molecule has 7 heteroatoms. The van der Waals surface area contributed by atoms with E-state index in [0.717, 1.165) is 25.3 Å². The van der Waals surface area contributed by atoms with Gasteiger partial charge in [-0.15, -0.1) is 0 Å². The number of carbonyl (C=O) groups is 1. The van der Waals surface area contributed by atoms with Crippen molar-refractivity contribution in [1.82, 2.24) is 19.9 Å². The molecule has 1 aromatic rings. The standard InChI is InChI=1S/C15H26N4O3/c1-6-12-16-13(22-17-12)11(2)18-7-9-19(10-8-18)14(20)21-15(3,4)5/h11H,6-10H2,1-5H3/t11-/m1/s1. The molecule has 1 aliphatic rings. The number of nitrogens with zero attached hydrogens (tertiary/aromatic N) is 4. The summed E-state index contributed by atoms with van der Waals surface area (Å²) in [6.45, 7) is 12.5. The van der Waals surface area contributed by atoms with Gasteiger partial charge in [0.05, 0.1) is 6.04 Å². The third-order valence-electron chi connectivity index (χ3n) is 3.67. The molecule has 1 saturated heterocycles. The highest BCUT2D eigenvalue weighted by Gasteiger charge is 2.29. The zero-order valence-electron chi connectivity index (χ0n) is 14.1. The lowest BCUT2D eigenvalue weighted by Gasteiger charge is -2.37. The fourth-order valence-corrected chi connectivity index (χ4v) is 2.36. The lowest BCUT2D eigenvalue weighted by molar-refractivity contribution is 0.00957. The normalized spacial score (nSPS) is 18.3. The van der Waals surface area contributed by atoms with Gasteiger partial charge in [0.1, 0.15) is 5.60 Å². The van der Waals surface area contributed by atoms with E-state index in [1.54, 1.807) is 4.90 Å². The van der Waals surface area contributed by atoms with Gasteiger partial charge in [-0.3, -0.25) is 4.90 Å². The maximum Gasteiger partial charge on any atom is 0.410 e. The predicted octanol–water partition coefficient (Wildman–Crippen LogP) is 2.25. The maximum atomic E-state index is 12.0. The molecule has 0 bridgehead atoms. The van der Waals surface area contributed by atoms with E-state index in [9.17, 15) is 4.79 Å². The van der Waals surface area contributed by atoms with Gasteiger partial charge in [0.25, 0.3) is 0 Å². The molecule has 0 saturated carbocycles. The number of aromatic nitrogens is 2. The molecule has 0 aromatic carbocycles. The van der Waals surface area contributed by atoms with Crippen LogP contribution in [0.1, 0.15) is 52.4 Å². The van der Waals surface area contributed by atoms with E-state index in [2.05, 4.69) is 22.0 Å². The third-order valence-corrected chi connectivity index (χ3v) is 3.67. The van der Waals surface area contributed by atoms with Crippen LogP contribution in [0.2, 0.25) is 0 Å². The highest BCUT2D eigenvalue weighted by molar-refractivity contribution is 5.68. The van der Waals surface area contributed by atoms with Crippen LogP contribution in [0.15, 0.2) is 4.52 Å². The Morgan fingerprint density at radius 2 is 1.95 bits per heavy atom. The summed E-state index contributed by atoms with van der Waals surface area (Å²) in [5.74, 6) is 1.37. The van der Waals surface area contributed by atoms with Crippen LogP contribution >= 0.6 is 0 Å². The molecule has 124 valence electrons. The second kappa shape index (κ2) is 6.64. The number of amides is 1. The molecule has 0 unspecified atom stereocenters. The van der Waals surface area contributed by atoms with E-state index in [4.69, 9.17) is 9.26 Å². The number of hydrogen-bond donors (Lipinski definition) is 0. The van der Waals surface area contributed by atoms with Crippen molar-refractivity contribution in [3.63, 3.8) is 0 Å². The Hall–Kier alpha value is -1.63. The first-order chi connectivity index (χ1) is 10.3. The van der Waals surface area contributed by atoms with Crippen LogP contribution in [0, 0.1) is 0 Å². The summed E-state index contributed by atoms with van der Waals surface area (Å²) in [6.07, 6.45) is 0.522. The van der Waals surface area contributed by atoms with Crippen LogP contribution in [-0.2, 0) is 11.2 Å². The molecular formula is C15H26N4O3. The van der Waals surface area contributed by atoms with Gasteiger partial charge in [0.2, 0.25) is 5.89 Å². The molecule has 22 heavy (non-hydrogen) atoms. The van der Waals surface area contributed by atoms with Crippen LogP contribution in [0.25, 0.3) is 0 Å². The highest BCUT2D eigenvalue weighted by atomic mass is 16.6. The average molecular weight is 310 g/mol. The minimum absolute atomic E-state index is 0.0635. The summed E-state index contributed by atoms with van der Waals surface area (Å²) >= 11 is 0. The summed E-state index contributed by atoms with van der Waals surface area (Å²) in [4.78, 5) is 20.4. The molecule has 0 radical (unpaired) electrons. The summed E-state index contributed by atoms with van der Waals surface area (Å²) in [6, 6.07) is 0.0635. The van der Waals surface area contributed by atoms with Gasteiger partial charge in [-0.2, -0.15) is 4.98 Å². The molecule has 0 aliphatic carbocycles. The maximum absolute atomic E-state index is 12.0. The lowest BCUT2D eigenvalue weighted by atomic mass is 10.2. The van der Waals surface area contributed by atoms with Crippen molar-refractivity contribution in [2.24, 2.45) is 0 Å². The molecule has 7 nitrogen and oxygen atoms in total. The zero-order valence-corrected chi connectivity index (χ0v) is 14.1. The Morgan fingerprint density at radius 3 is 2.45 bits per heavy atom. The smallest absolute Gasteiger partial charge is 0.410 e. The number of carbonyl (C=O) groups excluding carboxylic acids is 1. The van der Waals surface area contributed by atoms with Crippen LogP contribution in [0.3, 0.4) is 0 Å². The zero-order chi connectivity index (χ0) is 16.3. The van der Waals surface area contributed by atoms with Gasteiger partial charge >= 0.3 is 6.09 Å². The van der Waals surface area contributed by atoms with Gasteiger partial charge in [0, 0.05) is 32.6 Å². The average Bonchev–Trinajstić information content (AvgIpc) is 2.94. The van der Waals surface area contributed by atoms with E-state index < -0.39 is 5.60 Å². The molecule has 1 aromatic heterocycles. The first kappa shape index (κ1) is 16.7. The Morgan fingerprint density at radius 1 is 1.32 bits per heavy atom. The fraction of sp³-hybridized carbons (Fsp3) is 0.800. The molecule has 1 fully saturated rings. The molecule has 0 N–H and O–H groups in total. The van der Waals surface area contributed by atoms with Gasteiger partial charge in [0.15, 0.2) is 5.82 Å². The third kappa shape index (κ3) is 4.19. The van der Waals surface area contributed by atoms with Crippen molar-refractivity contribution in [2.75, 3.05) is 26.2 Å². The largest absolute Gasteiger partial charge is 0.444 e. The minimum Gasteiger partial charge on any atom is -0.444 e. The summed E-state index contributed by atoms with van der Waals surface area (Å²) in [7, 11) is 0. The van der Waals surface area contributed by atoms with Gasteiger partial charge in [-0.25, -0.2) is 4.79 Å². The Balaban J connectivity index is 1.87. The molecular weight excluding hydrogens is 284 g/mol. The summed E-state index contributed by atoms with van der Waals surface area (Å²) in [5.41, 5.74) is -0.457. The molecule has 1 aliphatic heterocycles. The van der Waals surface area contributed by atoms with Crippen molar-refractivity contribution in [3.05, 3.63) is 11.7 Å². The first-order valence-electron chi connectivity index (χ1n) is 7.84. The van der Waals surface area contributed by atoms with Crippen molar-refractivity contribution in [3.8, 4) is 0 Å². The number of hydrogen-bond acceptors (Lipinski definition) is 6. The quantitative estimate of drug-likeness (QED) is 0.852. The topological polar surface area (TPSA) is 71.7 Å². The predicted molar refractivity (Wildman–Crippen MR) is 81.5 cm³/mol. The Bertz CT molecular complexity index is 501. The van der Waals surface area contributed by atoms with E-state index in [-0.39, 0.29) is 12.1 Å². The van der Waals surface area contributed by atoms with Gasteiger partial charge < -0.3 is 14.2 Å². The number of aryl methyl sites for hydroxylation is 1. The molecule has 2 heterocycles. The second-order valence-corrected chi connectivity index (χ2v) is 6.58. The number of piperazine rings is 1. The number of ether oxygens (including phenoxy) is 1. The van der Waals surface area contributed by atoms with E-state index >= 15 is 0 Å². The van der Waals surface area contributed by atoms with Crippen LogP contribution in [-0.4, -0.2) is 57.8 Å². The van der Waals surface area contributed by atoms with E-state index in [1.165, 1.54) is 0 Å². The van der Waals surface area contributed by atoms with Gasteiger partial charge in [-0.05, 0) is 27.7 Å². The fourth-order valence-electron chi connectivity index (χ4n) is 2.36. The summed E-state index contributed by atoms with van der Waals surface area (Å²) < 4.78 is 10.7. The van der Waals surface area contributed by atoms with Crippen LogP contribution in [0.4, 0.5) is 4.79 Å². The summed E-state index contributed by atoms with van der Waals surface area (Å²) in [5, 5.41) is 3.94. The monoisotopic (exact) mass is 310 g/mol. The van der Waals surface area contributed by atoms with E-state index in [1.807, 2.05) is 27.7 Å². The SMILES string of the molecule is CCc1noc([C@@H](C)N2CCN(C(=O)OC(C)(C)C)CC2)n1. The van der Waals surface area contributed by atoms with Crippen LogP contribution < -0.4 is 0 Å². The van der Waals surface area contributed by atoms with Gasteiger partial charge in [-0.1, -0.05) is 12.1 Å². The minimum atomic E-state index is -0.457. The lowest BCUT2D eigenvalue weighted by Crippen LogP contribution is -2.50. The second-order valence-electron chi connectivity index (χ2n) is 6.58. The first-order valence-corrected chi connectivity index (χ1v) is 7.84. The highest BCUT2D eigenvalue weighted by Crippen LogP contribution is 2.21. The number of rotatable bonds is 3. The van der Waals surface area contributed by atoms with Crippen molar-refractivity contribution in [2.45, 2.75) is 52.7 Å². The molecule has 2 rings (SSSR count). The molecule has 1 atom stereocenters. The van der Waals surface area contributed by atoms with Crippen molar-refractivity contribution < 1.29 is 14.1 Å². The molecule has 1 amide bonds. The van der Waals surface area contributed by atoms with Crippen LogP contribution in [0.5, 0.6) is 0 Å². The molecule has 0 spiro atoms. The van der Waals surface area contributed by atoms with Crippen molar-refractivity contribution in [1.29, 1.82) is 0 Å². The van der Waals surface area contributed by atoms with Crippen molar-refractivity contribution >= 4 is 6.09 Å². The Labute approximate surface area is 131 Å². The van der Waals surface area contributed by atoms with E-state index in [0.29, 0.717) is 19.0 Å². The Kier molecular flexibility index (Phi) is 5.05.